The third-order valence-electron chi connectivity index (χ3n) is 8.40. The van der Waals surface area contributed by atoms with E-state index in [4.69, 9.17) is 4.98 Å². The molecule has 3 aromatic heterocycles. The van der Waals surface area contributed by atoms with Crippen molar-refractivity contribution in [1.29, 1.82) is 0 Å². The lowest BCUT2D eigenvalue weighted by atomic mass is 10.0. The summed E-state index contributed by atoms with van der Waals surface area (Å²) in [6, 6.07) is 30.5. The molecule has 0 aliphatic heterocycles. The minimum absolute atomic E-state index is 0.0578. The number of aromatic nitrogens is 5. The summed E-state index contributed by atoms with van der Waals surface area (Å²) < 4.78 is 0. The highest BCUT2D eigenvalue weighted by molar-refractivity contribution is 5.83. The molecule has 3 aromatic carbocycles. The van der Waals surface area contributed by atoms with E-state index in [0.29, 0.717) is 18.1 Å². The number of carbonyl (C=O) groups is 2. The average molecular weight is 653 g/mol. The van der Waals surface area contributed by atoms with Crippen molar-refractivity contribution in [2.45, 2.75) is 38.4 Å². The molecule has 0 fully saturated rings. The van der Waals surface area contributed by atoms with Gasteiger partial charge in [-0.2, -0.15) is 0 Å². The fourth-order valence-corrected chi connectivity index (χ4v) is 5.77. The number of carbonyl (C=O) groups excluding carboxylic acids is 2. The minimum Gasteiger partial charge on any atom is -0.346 e. The molecule has 0 aliphatic carbocycles. The summed E-state index contributed by atoms with van der Waals surface area (Å²) in [5.74, 6) is 1.22. The molecule has 248 valence electrons. The largest absolute Gasteiger partial charge is 0.346 e. The van der Waals surface area contributed by atoms with Crippen molar-refractivity contribution in [2.24, 2.45) is 0 Å². The van der Waals surface area contributed by atoms with Crippen molar-refractivity contribution < 1.29 is 9.59 Å². The molecular weight excluding hydrogens is 612 g/mol. The second-order valence-electron chi connectivity index (χ2n) is 12.3. The van der Waals surface area contributed by atoms with Crippen LogP contribution >= 0.6 is 0 Å². The highest BCUT2D eigenvalue weighted by atomic mass is 16.2. The van der Waals surface area contributed by atoms with Crippen LogP contribution in [-0.4, -0.2) is 55.7 Å². The zero-order chi connectivity index (χ0) is 34.3. The van der Waals surface area contributed by atoms with Crippen LogP contribution in [-0.2, 0) is 16.0 Å². The number of nitrogens with zero attached hydrogens (tertiary/aromatic N) is 4. The third-order valence-corrected chi connectivity index (χ3v) is 8.40. The number of rotatable bonds is 12. The van der Waals surface area contributed by atoms with Crippen molar-refractivity contribution in [3.8, 4) is 33.8 Å². The van der Waals surface area contributed by atoms with E-state index in [1.54, 1.807) is 12.4 Å². The first kappa shape index (κ1) is 33.0. The van der Waals surface area contributed by atoms with Gasteiger partial charge in [0.05, 0.1) is 48.0 Å². The fraction of sp³-hybridized carbons (Fsp3) is 0.205. The van der Waals surface area contributed by atoms with Crippen molar-refractivity contribution in [2.75, 3.05) is 14.1 Å². The van der Waals surface area contributed by atoms with E-state index in [9.17, 15) is 9.59 Å². The molecule has 0 spiro atoms. The molecule has 0 bridgehead atoms. The van der Waals surface area contributed by atoms with E-state index >= 15 is 0 Å². The smallest absolute Gasteiger partial charge is 0.242 e. The molecular formula is C39H40N8O2. The molecule has 0 saturated carbocycles. The van der Waals surface area contributed by atoms with Crippen molar-refractivity contribution in [3.63, 3.8) is 0 Å². The van der Waals surface area contributed by atoms with Crippen LogP contribution in [0.5, 0.6) is 0 Å². The Bertz CT molecular complexity index is 1980. The molecule has 2 amide bonds. The molecule has 3 atom stereocenters. The van der Waals surface area contributed by atoms with Gasteiger partial charge in [-0.15, -0.1) is 0 Å². The third kappa shape index (κ3) is 7.99. The lowest BCUT2D eigenvalue weighted by molar-refractivity contribution is -0.126. The zero-order valence-corrected chi connectivity index (χ0v) is 28.0. The van der Waals surface area contributed by atoms with Gasteiger partial charge >= 0.3 is 0 Å². The minimum atomic E-state index is -0.404. The normalized spacial score (nSPS) is 13.1. The first-order valence-corrected chi connectivity index (χ1v) is 16.3. The van der Waals surface area contributed by atoms with Gasteiger partial charge in [0.1, 0.15) is 17.7 Å². The number of H-pyrrole nitrogens is 2. The standard InChI is InChI=1S/C39H40N8O2/c1-25(43-35(48)21-27-11-7-5-8-12-27)37-42-24-34(46-37)31-19-20-32(40-22-31)28-15-17-29(18-16-28)33-23-41-38(45-33)26(2)44-39(49)36(47(3)4)30-13-9-6-10-14-30/h5-20,22-26,36H,21H2,1-4H3,(H,41,45)(H,42,46)(H,43,48)(H,44,49)/t25-,26-,36+/m0/s1. The number of likely N-dealkylation sites (N-methyl/N-ethyl adjacent to an activating group) is 1. The summed E-state index contributed by atoms with van der Waals surface area (Å²) >= 11 is 0. The van der Waals surface area contributed by atoms with E-state index in [2.05, 4.69) is 30.6 Å². The lowest BCUT2D eigenvalue weighted by Crippen LogP contribution is -2.38. The number of imidazole rings is 2. The van der Waals surface area contributed by atoms with Crippen LogP contribution in [0.4, 0.5) is 0 Å². The van der Waals surface area contributed by atoms with Gasteiger partial charge in [0.25, 0.3) is 0 Å². The molecule has 49 heavy (non-hydrogen) atoms. The van der Waals surface area contributed by atoms with Gasteiger partial charge in [-0.25, -0.2) is 9.97 Å². The van der Waals surface area contributed by atoms with E-state index in [-0.39, 0.29) is 23.9 Å². The molecule has 3 heterocycles. The highest BCUT2D eigenvalue weighted by Crippen LogP contribution is 2.26. The Labute approximate surface area is 286 Å². The maximum absolute atomic E-state index is 13.2. The Kier molecular flexibility index (Phi) is 10.1. The first-order chi connectivity index (χ1) is 23.7. The molecule has 10 nitrogen and oxygen atoms in total. The molecule has 6 aromatic rings. The van der Waals surface area contributed by atoms with Gasteiger partial charge < -0.3 is 20.6 Å². The maximum atomic E-state index is 13.2. The van der Waals surface area contributed by atoms with E-state index in [1.807, 2.05) is 136 Å². The number of nitrogens with one attached hydrogen (secondary N) is 4. The van der Waals surface area contributed by atoms with Crippen LogP contribution in [0.25, 0.3) is 33.8 Å². The quantitative estimate of drug-likeness (QED) is 0.121. The molecule has 6 rings (SSSR count). The van der Waals surface area contributed by atoms with Crippen LogP contribution in [0.3, 0.4) is 0 Å². The van der Waals surface area contributed by atoms with E-state index in [0.717, 1.165) is 44.9 Å². The van der Waals surface area contributed by atoms with Gasteiger partial charge in [-0.1, -0.05) is 84.9 Å². The number of amides is 2. The second-order valence-corrected chi connectivity index (χ2v) is 12.3. The number of aromatic amines is 2. The fourth-order valence-electron chi connectivity index (χ4n) is 5.77. The van der Waals surface area contributed by atoms with Crippen LogP contribution < -0.4 is 10.6 Å². The van der Waals surface area contributed by atoms with Crippen molar-refractivity contribution >= 4 is 11.8 Å². The number of hydrogen-bond donors (Lipinski definition) is 4. The zero-order valence-electron chi connectivity index (χ0n) is 28.0. The van der Waals surface area contributed by atoms with Gasteiger partial charge in [-0.05, 0) is 56.8 Å². The Morgan fingerprint density at radius 3 is 1.80 bits per heavy atom. The SMILES string of the molecule is C[C@H](NC(=O)Cc1ccccc1)c1ncc(-c2ccc(-c3ccc(-c4cnc([C@H](C)NC(=O)[C@@H](c5ccccc5)N(C)C)[nH]4)cc3)nc2)[nH]1. The van der Waals surface area contributed by atoms with Crippen LogP contribution in [0, 0.1) is 0 Å². The van der Waals surface area contributed by atoms with Crippen LogP contribution in [0.15, 0.2) is 116 Å². The van der Waals surface area contributed by atoms with Gasteiger partial charge in [0.2, 0.25) is 11.8 Å². The maximum Gasteiger partial charge on any atom is 0.242 e. The number of pyridine rings is 1. The average Bonchev–Trinajstić information content (AvgIpc) is 3.81. The second kappa shape index (κ2) is 14.9. The molecule has 0 saturated heterocycles. The summed E-state index contributed by atoms with van der Waals surface area (Å²) in [6.07, 6.45) is 5.68. The Morgan fingerprint density at radius 1 is 0.653 bits per heavy atom. The van der Waals surface area contributed by atoms with Crippen molar-refractivity contribution in [3.05, 3.63) is 138 Å². The summed E-state index contributed by atoms with van der Waals surface area (Å²) in [4.78, 5) is 48.1. The summed E-state index contributed by atoms with van der Waals surface area (Å²) in [5.41, 5.74) is 7.28. The molecule has 0 unspecified atom stereocenters. The molecule has 0 aliphatic rings. The van der Waals surface area contributed by atoms with Crippen LogP contribution in [0.1, 0.15) is 54.7 Å². The van der Waals surface area contributed by atoms with E-state index < -0.39 is 6.04 Å². The summed E-state index contributed by atoms with van der Waals surface area (Å²) in [6.45, 7) is 3.83. The van der Waals surface area contributed by atoms with Gasteiger partial charge in [-0.3, -0.25) is 19.5 Å². The summed E-state index contributed by atoms with van der Waals surface area (Å²) in [7, 11) is 3.79. The first-order valence-electron chi connectivity index (χ1n) is 16.3. The molecule has 10 heteroatoms. The van der Waals surface area contributed by atoms with Gasteiger partial charge in [0, 0.05) is 17.3 Å². The number of hydrogen-bond acceptors (Lipinski definition) is 6. The number of benzene rings is 3. The Balaban J connectivity index is 1.06. The highest BCUT2D eigenvalue weighted by Gasteiger charge is 2.25. The van der Waals surface area contributed by atoms with E-state index in [1.165, 1.54) is 0 Å². The predicted molar refractivity (Wildman–Crippen MR) is 191 cm³/mol. The predicted octanol–water partition coefficient (Wildman–Crippen LogP) is 6.43. The monoisotopic (exact) mass is 652 g/mol. The topological polar surface area (TPSA) is 132 Å². The van der Waals surface area contributed by atoms with Crippen molar-refractivity contribution in [1.82, 2.24) is 40.5 Å². The summed E-state index contributed by atoms with van der Waals surface area (Å²) in [5, 5.41) is 6.12. The molecule has 0 radical (unpaired) electrons. The van der Waals surface area contributed by atoms with Crippen LogP contribution in [0.2, 0.25) is 0 Å². The Hall–Kier alpha value is -5.87. The Morgan fingerprint density at radius 2 is 1.20 bits per heavy atom. The lowest BCUT2D eigenvalue weighted by Gasteiger charge is -2.25. The van der Waals surface area contributed by atoms with Gasteiger partial charge in [0.15, 0.2) is 0 Å². The molecule has 4 N–H and O–H groups in total.